The number of likely N-dealkylation sites (tertiary alicyclic amines) is 1. The Morgan fingerprint density at radius 3 is 2.29 bits per heavy atom. The Labute approximate surface area is 225 Å². The van der Waals surface area contributed by atoms with Crippen molar-refractivity contribution >= 4 is 17.8 Å². The minimum atomic E-state index is -0.648. The van der Waals surface area contributed by atoms with Crippen molar-refractivity contribution in [2.45, 2.75) is 89.6 Å². The van der Waals surface area contributed by atoms with E-state index < -0.39 is 18.1 Å². The Balaban J connectivity index is 1.45. The fraction of sp³-hybridized carbons (Fsp3) is 0.516. The number of ether oxygens (including phenoxy) is 2. The second kappa shape index (κ2) is 13.6. The number of hydrogen-bond donors (Lipinski definition) is 1. The van der Waals surface area contributed by atoms with Gasteiger partial charge in [-0.05, 0) is 63.0 Å². The van der Waals surface area contributed by atoms with E-state index in [2.05, 4.69) is 5.32 Å². The van der Waals surface area contributed by atoms with Gasteiger partial charge < -0.3 is 14.4 Å². The number of carbonyl (C=O) groups excluding carboxylic acids is 3. The largest absolute Gasteiger partial charge is 0.465 e. The number of aryl methyl sites for hydroxylation is 1. The van der Waals surface area contributed by atoms with Gasteiger partial charge in [-0.3, -0.25) is 14.9 Å². The fourth-order valence-corrected chi connectivity index (χ4v) is 5.88. The molecule has 1 heterocycles. The standard InChI is InChI=1S/C31H40N2O5/c1-3-37-30(35)26(19-18-23-12-6-4-7-13-23)32-22(2)29(34)33-27-17-11-10-16-25(27)20-28(33)31(36)38-21-24-14-8-5-9-15-24/h4-9,12-15,22,25-28,32H,3,10-11,16-21H2,1-2H3/t22-,25+,26-,27-,28-/m0/s1. The summed E-state index contributed by atoms with van der Waals surface area (Å²) in [6, 6.07) is 17.7. The third kappa shape index (κ3) is 7.01. The monoisotopic (exact) mass is 520 g/mol. The lowest BCUT2D eigenvalue weighted by molar-refractivity contribution is -0.157. The van der Waals surface area contributed by atoms with Crippen molar-refractivity contribution in [3.8, 4) is 0 Å². The van der Waals surface area contributed by atoms with Crippen LogP contribution in [-0.4, -0.2) is 53.5 Å². The highest BCUT2D eigenvalue weighted by molar-refractivity contribution is 5.89. The summed E-state index contributed by atoms with van der Waals surface area (Å²) >= 11 is 0. The number of benzene rings is 2. The number of rotatable bonds is 11. The zero-order valence-corrected chi connectivity index (χ0v) is 22.5. The molecule has 2 aliphatic rings. The first kappa shape index (κ1) is 27.8. The lowest BCUT2D eigenvalue weighted by Gasteiger charge is -2.35. The molecule has 1 saturated carbocycles. The zero-order chi connectivity index (χ0) is 26.9. The van der Waals surface area contributed by atoms with Crippen LogP contribution < -0.4 is 5.32 Å². The van der Waals surface area contributed by atoms with E-state index in [4.69, 9.17) is 9.47 Å². The summed E-state index contributed by atoms with van der Waals surface area (Å²) in [4.78, 5) is 41.7. The first-order valence-corrected chi connectivity index (χ1v) is 14.0. The lowest BCUT2D eigenvalue weighted by Crippen LogP contribution is -2.56. The number of nitrogens with zero attached hydrogens (tertiary/aromatic N) is 1. The number of amides is 1. The minimum Gasteiger partial charge on any atom is -0.465 e. The van der Waals surface area contributed by atoms with E-state index in [0.717, 1.165) is 36.8 Å². The van der Waals surface area contributed by atoms with E-state index in [0.29, 0.717) is 25.2 Å². The van der Waals surface area contributed by atoms with Crippen molar-refractivity contribution < 1.29 is 23.9 Å². The zero-order valence-electron chi connectivity index (χ0n) is 22.5. The molecule has 5 atom stereocenters. The van der Waals surface area contributed by atoms with Crippen molar-refractivity contribution in [2.75, 3.05) is 6.61 Å². The van der Waals surface area contributed by atoms with Gasteiger partial charge in [0.25, 0.3) is 0 Å². The smallest absolute Gasteiger partial charge is 0.329 e. The predicted octanol–water partition coefficient (Wildman–Crippen LogP) is 4.43. The molecule has 1 N–H and O–H groups in total. The molecule has 0 aromatic heterocycles. The number of fused-ring (bicyclic) bond motifs is 1. The molecule has 2 aromatic carbocycles. The second-order valence-electron chi connectivity index (χ2n) is 10.4. The summed E-state index contributed by atoms with van der Waals surface area (Å²) in [5, 5.41) is 3.24. The molecule has 0 unspecified atom stereocenters. The summed E-state index contributed by atoms with van der Waals surface area (Å²) in [5.41, 5.74) is 2.04. The van der Waals surface area contributed by atoms with Gasteiger partial charge in [0.05, 0.1) is 12.6 Å². The van der Waals surface area contributed by atoms with Crippen LogP contribution in [0.3, 0.4) is 0 Å². The highest BCUT2D eigenvalue weighted by atomic mass is 16.5. The molecule has 0 radical (unpaired) electrons. The normalized spacial score (nSPS) is 22.3. The molecule has 38 heavy (non-hydrogen) atoms. The molecule has 0 spiro atoms. The number of nitrogens with one attached hydrogen (secondary N) is 1. The maximum Gasteiger partial charge on any atom is 0.329 e. The van der Waals surface area contributed by atoms with E-state index in [1.165, 1.54) is 0 Å². The van der Waals surface area contributed by atoms with Crippen LogP contribution in [-0.2, 0) is 36.9 Å². The van der Waals surface area contributed by atoms with Crippen molar-refractivity contribution in [3.05, 3.63) is 71.8 Å². The molecule has 1 amide bonds. The number of hydrogen-bond acceptors (Lipinski definition) is 6. The number of carbonyl (C=O) groups is 3. The Hall–Kier alpha value is -3.19. The van der Waals surface area contributed by atoms with Gasteiger partial charge in [-0.15, -0.1) is 0 Å². The van der Waals surface area contributed by atoms with Gasteiger partial charge >= 0.3 is 11.9 Å². The molecule has 7 heteroatoms. The molecule has 1 aliphatic carbocycles. The summed E-state index contributed by atoms with van der Waals surface area (Å²) in [7, 11) is 0. The predicted molar refractivity (Wildman–Crippen MR) is 145 cm³/mol. The van der Waals surface area contributed by atoms with E-state index in [1.807, 2.05) is 60.7 Å². The second-order valence-corrected chi connectivity index (χ2v) is 10.4. The first-order chi connectivity index (χ1) is 18.5. The van der Waals surface area contributed by atoms with Crippen LogP contribution in [0.1, 0.15) is 63.5 Å². The van der Waals surface area contributed by atoms with E-state index in [1.54, 1.807) is 18.7 Å². The van der Waals surface area contributed by atoms with Gasteiger partial charge in [0.15, 0.2) is 0 Å². The van der Waals surface area contributed by atoms with Gasteiger partial charge in [0.2, 0.25) is 5.91 Å². The topological polar surface area (TPSA) is 84.9 Å². The van der Waals surface area contributed by atoms with Gasteiger partial charge in [-0.2, -0.15) is 0 Å². The average molecular weight is 521 g/mol. The minimum absolute atomic E-state index is 0.0279. The summed E-state index contributed by atoms with van der Waals surface area (Å²) in [6.07, 6.45) is 5.89. The molecular weight excluding hydrogens is 480 g/mol. The van der Waals surface area contributed by atoms with Crippen molar-refractivity contribution in [1.82, 2.24) is 10.2 Å². The maximum absolute atomic E-state index is 13.9. The highest BCUT2D eigenvalue weighted by Crippen LogP contribution is 2.40. The molecule has 4 rings (SSSR count). The SMILES string of the molecule is CCOC(=O)[C@H](CCc1ccccc1)N[C@@H](C)C(=O)N1[C@H](C(=O)OCc2ccccc2)C[C@H]2CCCC[C@@H]21. The molecule has 1 saturated heterocycles. The highest BCUT2D eigenvalue weighted by Gasteiger charge is 2.49. The van der Waals surface area contributed by atoms with Gasteiger partial charge in [0, 0.05) is 6.04 Å². The van der Waals surface area contributed by atoms with E-state index in [9.17, 15) is 14.4 Å². The van der Waals surface area contributed by atoms with Gasteiger partial charge in [0.1, 0.15) is 18.7 Å². The third-order valence-corrected chi connectivity index (χ3v) is 7.80. The fourth-order valence-electron chi connectivity index (χ4n) is 5.88. The van der Waals surface area contributed by atoms with Crippen LogP contribution in [0.5, 0.6) is 0 Å². The molecule has 204 valence electrons. The summed E-state index contributed by atoms with van der Waals surface area (Å²) in [6.45, 7) is 4.01. The van der Waals surface area contributed by atoms with Crippen LogP contribution >= 0.6 is 0 Å². The third-order valence-electron chi connectivity index (χ3n) is 7.80. The van der Waals surface area contributed by atoms with Crippen LogP contribution in [0.2, 0.25) is 0 Å². The van der Waals surface area contributed by atoms with Crippen LogP contribution in [0.15, 0.2) is 60.7 Å². The quantitative estimate of drug-likeness (QED) is 0.441. The Morgan fingerprint density at radius 1 is 0.947 bits per heavy atom. The summed E-state index contributed by atoms with van der Waals surface area (Å²) in [5.74, 6) is -0.572. The molecular formula is C31H40N2O5. The van der Waals surface area contributed by atoms with E-state index >= 15 is 0 Å². The Kier molecular flexibility index (Phi) is 9.93. The van der Waals surface area contributed by atoms with E-state index in [-0.39, 0.29) is 37.1 Å². The first-order valence-electron chi connectivity index (χ1n) is 14.0. The molecule has 2 aromatic rings. The van der Waals surface area contributed by atoms with Crippen molar-refractivity contribution in [3.63, 3.8) is 0 Å². The Morgan fingerprint density at radius 2 is 1.61 bits per heavy atom. The molecule has 2 fully saturated rings. The Bertz CT molecular complexity index is 1060. The van der Waals surface area contributed by atoms with Crippen LogP contribution in [0, 0.1) is 5.92 Å². The lowest BCUT2D eigenvalue weighted by atomic mass is 9.84. The van der Waals surface area contributed by atoms with Crippen molar-refractivity contribution in [1.29, 1.82) is 0 Å². The van der Waals surface area contributed by atoms with Crippen LogP contribution in [0.4, 0.5) is 0 Å². The molecule has 1 aliphatic heterocycles. The molecule has 7 nitrogen and oxygen atoms in total. The van der Waals surface area contributed by atoms with Crippen molar-refractivity contribution in [2.24, 2.45) is 5.92 Å². The number of esters is 2. The molecule has 0 bridgehead atoms. The van der Waals surface area contributed by atoms with Gasteiger partial charge in [-0.25, -0.2) is 4.79 Å². The maximum atomic E-state index is 13.9. The van der Waals surface area contributed by atoms with Crippen LogP contribution in [0.25, 0.3) is 0 Å². The summed E-state index contributed by atoms with van der Waals surface area (Å²) < 4.78 is 11.0. The average Bonchev–Trinajstić information content (AvgIpc) is 3.34. The van der Waals surface area contributed by atoms with Gasteiger partial charge in [-0.1, -0.05) is 73.5 Å².